The topological polar surface area (TPSA) is 51.9 Å². The lowest BCUT2D eigenvalue weighted by molar-refractivity contribution is 0.0719. The molecule has 0 aliphatic carbocycles. The van der Waals surface area contributed by atoms with Gasteiger partial charge in [0.15, 0.2) is 17.3 Å². The lowest BCUT2D eigenvalue weighted by Crippen LogP contribution is -2.30. The van der Waals surface area contributed by atoms with Crippen LogP contribution in [0.3, 0.4) is 0 Å². The zero-order valence-corrected chi connectivity index (χ0v) is 15.0. The van der Waals surface area contributed by atoms with Crippen LogP contribution in [0.1, 0.15) is 28.6 Å². The van der Waals surface area contributed by atoms with Crippen molar-refractivity contribution in [3.63, 3.8) is 0 Å². The number of hydrogen-bond donors (Lipinski definition) is 0. The SMILES string of the molecule is CCN(Cc1cccc2c1OCCO2)C(=O)c1cc2cc(C)ccc2o1. The molecule has 0 bridgehead atoms. The molecule has 5 heteroatoms. The molecule has 0 atom stereocenters. The van der Waals surface area contributed by atoms with Crippen molar-refractivity contribution in [2.45, 2.75) is 20.4 Å². The predicted molar refractivity (Wildman–Crippen MR) is 98.8 cm³/mol. The number of carbonyl (C=O) groups is 1. The lowest BCUT2D eigenvalue weighted by atomic mass is 10.1. The fraction of sp³-hybridized carbons (Fsp3) is 0.286. The maximum Gasteiger partial charge on any atom is 0.289 e. The van der Waals surface area contributed by atoms with E-state index in [0.29, 0.717) is 32.1 Å². The highest BCUT2D eigenvalue weighted by atomic mass is 16.6. The number of rotatable bonds is 4. The van der Waals surface area contributed by atoms with Crippen molar-refractivity contribution in [2.24, 2.45) is 0 Å². The van der Waals surface area contributed by atoms with Crippen LogP contribution in [-0.2, 0) is 6.54 Å². The summed E-state index contributed by atoms with van der Waals surface area (Å²) in [5.74, 6) is 1.69. The van der Waals surface area contributed by atoms with E-state index in [1.807, 2.05) is 56.3 Å². The number of ether oxygens (including phenoxy) is 2. The molecule has 0 N–H and O–H groups in total. The minimum Gasteiger partial charge on any atom is -0.486 e. The number of benzene rings is 2. The molecule has 134 valence electrons. The zero-order chi connectivity index (χ0) is 18.1. The summed E-state index contributed by atoms with van der Waals surface area (Å²) in [6.45, 7) is 6.06. The molecule has 1 aliphatic rings. The summed E-state index contributed by atoms with van der Waals surface area (Å²) in [6, 6.07) is 13.5. The standard InChI is InChI=1S/C21H21NO4/c1-3-22(13-15-5-4-6-18-20(15)25-10-9-24-18)21(23)19-12-16-11-14(2)7-8-17(16)26-19/h4-8,11-12H,3,9-10,13H2,1-2H3. The Hall–Kier alpha value is -2.95. The summed E-state index contributed by atoms with van der Waals surface area (Å²) in [4.78, 5) is 14.7. The van der Waals surface area contributed by atoms with Gasteiger partial charge in [-0.2, -0.15) is 0 Å². The maximum atomic E-state index is 13.0. The maximum absolute atomic E-state index is 13.0. The van der Waals surface area contributed by atoms with E-state index in [1.165, 1.54) is 0 Å². The van der Waals surface area contributed by atoms with Crippen molar-refractivity contribution in [3.8, 4) is 11.5 Å². The van der Waals surface area contributed by atoms with Gasteiger partial charge in [0.1, 0.15) is 18.8 Å². The molecule has 2 heterocycles. The molecular formula is C21H21NO4. The quantitative estimate of drug-likeness (QED) is 0.708. The fourth-order valence-electron chi connectivity index (χ4n) is 3.22. The molecule has 0 fully saturated rings. The van der Waals surface area contributed by atoms with Crippen LogP contribution >= 0.6 is 0 Å². The van der Waals surface area contributed by atoms with Gasteiger partial charge in [0, 0.05) is 24.0 Å². The minimum atomic E-state index is -0.129. The van der Waals surface area contributed by atoms with Crippen molar-refractivity contribution in [1.29, 1.82) is 0 Å². The summed E-state index contributed by atoms with van der Waals surface area (Å²) >= 11 is 0. The van der Waals surface area contributed by atoms with Gasteiger partial charge in [-0.3, -0.25) is 4.79 Å². The van der Waals surface area contributed by atoms with Gasteiger partial charge in [-0.1, -0.05) is 23.8 Å². The first-order valence-electron chi connectivity index (χ1n) is 8.82. The van der Waals surface area contributed by atoms with E-state index < -0.39 is 0 Å². The van der Waals surface area contributed by atoms with E-state index in [-0.39, 0.29) is 5.91 Å². The zero-order valence-electron chi connectivity index (χ0n) is 15.0. The van der Waals surface area contributed by atoms with Gasteiger partial charge in [0.05, 0.1) is 0 Å². The number of aryl methyl sites for hydroxylation is 1. The molecule has 0 saturated carbocycles. The molecule has 2 aromatic carbocycles. The van der Waals surface area contributed by atoms with Gasteiger partial charge in [0.25, 0.3) is 5.91 Å². The number of hydrogen-bond acceptors (Lipinski definition) is 4. The molecule has 5 nitrogen and oxygen atoms in total. The molecule has 26 heavy (non-hydrogen) atoms. The van der Waals surface area contributed by atoms with Gasteiger partial charge in [-0.25, -0.2) is 0 Å². The molecule has 1 aromatic heterocycles. The first-order valence-corrected chi connectivity index (χ1v) is 8.82. The average Bonchev–Trinajstić information content (AvgIpc) is 3.08. The van der Waals surface area contributed by atoms with E-state index in [4.69, 9.17) is 13.9 Å². The Bertz CT molecular complexity index is 960. The van der Waals surface area contributed by atoms with Crippen molar-refractivity contribution >= 4 is 16.9 Å². The Morgan fingerprint density at radius 1 is 1.12 bits per heavy atom. The highest BCUT2D eigenvalue weighted by molar-refractivity contribution is 5.96. The van der Waals surface area contributed by atoms with Crippen molar-refractivity contribution in [1.82, 2.24) is 4.90 Å². The third-order valence-electron chi connectivity index (χ3n) is 4.56. The fourth-order valence-corrected chi connectivity index (χ4v) is 3.22. The summed E-state index contributed by atoms with van der Waals surface area (Å²) in [5, 5.41) is 0.943. The molecule has 1 aliphatic heterocycles. The summed E-state index contributed by atoms with van der Waals surface area (Å²) < 4.78 is 17.2. The van der Waals surface area contributed by atoms with Crippen LogP contribution in [-0.4, -0.2) is 30.6 Å². The monoisotopic (exact) mass is 351 g/mol. The molecule has 0 saturated heterocycles. The third kappa shape index (κ3) is 3.01. The second kappa shape index (κ2) is 6.75. The third-order valence-corrected chi connectivity index (χ3v) is 4.56. The Morgan fingerprint density at radius 2 is 1.96 bits per heavy atom. The van der Waals surface area contributed by atoms with Crippen LogP contribution in [0.2, 0.25) is 0 Å². The van der Waals surface area contributed by atoms with Gasteiger partial charge in [0.2, 0.25) is 0 Å². The number of furan rings is 1. The van der Waals surface area contributed by atoms with Crippen molar-refractivity contribution in [2.75, 3.05) is 19.8 Å². The number of amides is 1. The van der Waals surface area contributed by atoms with Crippen LogP contribution in [0.4, 0.5) is 0 Å². The van der Waals surface area contributed by atoms with E-state index in [9.17, 15) is 4.79 Å². The van der Waals surface area contributed by atoms with Gasteiger partial charge in [-0.15, -0.1) is 0 Å². The van der Waals surface area contributed by atoms with Gasteiger partial charge in [-0.05, 0) is 38.1 Å². The largest absolute Gasteiger partial charge is 0.486 e. The smallest absolute Gasteiger partial charge is 0.289 e. The first-order chi connectivity index (χ1) is 12.7. The van der Waals surface area contributed by atoms with Gasteiger partial charge >= 0.3 is 0 Å². The Labute approximate surface area is 152 Å². The van der Waals surface area contributed by atoms with Crippen molar-refractivity contribution in [3.05, 3.63) is 59.4 Å². The molecule has 1 amide bonds. The number of fused-ring (bicyclic) bond motifs is 2. The average molecular weight is 351 g/mol. The van der Waals surface area contributed by atoms with Crippen LogP contribution in [0.5, 0.6) is 11.5 Å². The molecular weight excluding hydrogens is 330 g/mol. The molecule has 0 radical (unpaired) electrons. The second-order valence-corrected chi connectivity index (χ2v) is 6.41. The highest BCUT2D eigenvalue weighted by Gasteiger charge is 2.22. The molecule has 0 spiro atoms. The van der Waals surface area contributed by atoms with Crippen LogP contribution in [0, 0.1) is 6.92 Å². The number of para-hydroxylation sites is 1. The van der Waals surface area contributed by atoms with E-state index >= 15 is 0 Å². The van der Waals surface area contributed by atoms with Crippen LogP contribution in [0.15, 0.2) is 46.9 Å². The summed E-state index contributed by atoms with van der Waals surface area (Å²) in [6.07, 6.45) is 0. The number of nitrogens with zero attached hydrogens (tertiary/aromatic N) is 1. The van der Waals surface area contributed by atoms with E-state index in [0.717, 1.165) is 33.6 Å². The summed E-state index contributed by atoms with van der Waals surface area (Å²) in [5.41, 5.74) is 2.80. The Kier molecular flexibility index (Phi) is 4.29. The van der Waals surface area contributed by atoms with Crippen LogP contribution in [0.25, 0.3) is 11.0 Å². The molecule has 4 rings (SSSR count). The predicted octanol–water partition coefficient (Wildman–Crippen LogP) is 4.17. The summed E-state index contributed by atoms with van der Waals surface area (Å²) in [7, 11) is 0. The minimum absolute atomic E-state index is 0.129. The highest BCUT2D eigenvalue weighted by Crippen LogP contribution is 2.34. The van der Waals surface area contributed by atoms with Crippen LogP contribution < -0.4 is 9.47 Å². The Morgan fingerprint density at radius 3 is 2.81 bits per heavy atom. The second-order valence-electron chi connectivity index (χ2n) is 6.41. The van der Waals surface area contributed by atoms with E-state index in [1.54, 1.807) is 4.90 Å². The normalized spacial score (nSPS) is 13.0. The number of carbonyl (C=O) groups excluding carboxylic acids is 1. The van der Waals surface area contributed by atoms with E-state index in [2.05, 4.69) is 0 Å². The Balaban J connectivity index is 1.61. The van der Waals surface area contributed by atoms with Crippen molar-refractivity contribution < 1.29 is 18.7 Å². The molecule has 3 aromatic rings. The van der Waals surface area contributed by atoms with Gasteiger partial charge < -0.3 is 18.8 Å². The first kappa shape index (κ1) is 16.5. The molecule has 0 unspecified atom stereocenters. The lowest BCUT2D eigenvalue weighted by Gasteiger charge is -2.24.